The molecule has 1 aromatic carbocycles. The third-order valence-electron chi connectivity index (χ3n) is 8.40. The molecule has 6 rings (SSSR count). The molecular formula is C24H29NO4. The van der Waals surface area contributed by atoms with Gasteiger partial charge in [0.1, 0.15) is 5.78 Å². The van der Waals surface area contributed by atoms with Crippen LogP contribution in [0.3, 0.4) is 0 Å². The second-order valence-corrected chi connectivity index (χ2v) is 9.96. The van der Waals surface area contributed by atoms with Crippen LogP contribution < -0.4 is 4.74 Å². The van der Waals surface area contributed by atoms with E-state index in [9.17, 15) is 14.7 Å². The van der Waals surface area contributed by atoms with E-state index in [-0.39, 0.29) is 28.6 Å². The molecule has 2 saturated carbocycles. The summed E-state index contributed by atoms with van der Waals surface area (Å²) in [5, 5.41) is 10.5. The van der Waals surface area contributed by atoms with Crippen molar-refractivity contribution >= 4 is 11.6 Å². The quantitative estimate of drug-likeness (QED) is 0.777. The zero-order chi connectivity index (χ0) is 19.9. The minimum Gasteiger partial charge on any atom is -0.504 e. The smallest absolute Gasteiger partial charge is 0.184 e. The number of ether oxygens (including phenoxy) is 1. The Kier molecular flexibility index (Phi) is 3.75. The molecule has 5 nitrogen and oxygen atoms in total. The Hall–Kier alpha value is -1.88. The number of phenolic OH excluding ortho intramolecular Hbond substituents is 1. The van der Waals surface area contributed by atoms with Gasteiger partial charge in [0, 0.05) is 30.0 Å². The van der Waals surface area contributed by atoms with Gasteiger partial charge in [-0.25, -0.2) is 0 Å². The lowest BCUT2D eigenvalue weighted by Crippen LogP contribution is -2.68. The van der Waals surface area contributed by atoms with Crippen molar-refractivity contribution in [2.75, 3.05) is 13.1 Å². The van der Waals surface area contributed by atoms with Gasteiger partial charge in [-0.1, -0.05) is 13.0 Å². The number of piperidine rings is 1. The molecule has 0 radical (unpaired) electrons. The van der Waals surface area contributed by atoms with E-state index in [1.54, 1.807) is 6.07 Å². The summed E-state index contributed by atoms with van der Waals surface area (Å²) in [5.74, 6) is 1.21. The fourth-order valence-corrected chi connectivity index (χ4v) is 6.98. The van der Waals surface area contributed by atoms with Crippen LogP contribution in [0.5, 0.6) is 11.5 Å². The van der Waals surface area contributed by atoms with Gasteiger partial charge < -0.3 is 9.84 Å². The highest BCUT2D eigenvalue weighted by molar-refractivity contribution is 6.06. The van der Waals surface area contributed by atoms with Gasteiger partial charge in [0.2, 0.25) is 0 Å². The largest absolute Gasteiger partial charge is 0.504 e. The minimum atomic E-state index is -0.611. The number of ketones is 2. The van der Waals surface area contributed by atoms with E-state index in [1.165, 1.54) is 18.4 Å². The molecule has 2 heterocycles. The number of phenols is 1. The lowest BCUT2D eigenvalue weighted by atomic mass is 9.49. The Morgan fingerprint density at radius 1 is 1.34 bits per heavy atom. The molecule has 0 aromatic heterocycles. The summed E-state index contributed by atoms with van der Waals surface area (Å²) in [6, 6.07) is 4.11. The Morgan fingerprint density at radius 2 is 2.17 bits per heavy atom. The summed E-state index contributed by atoms with van der Waals surface area (Å²) in [7, 11) is 0. The van der Waals surface area contributed by atoms with Crippen LogP contribution in [0.1, 0.15) is 56.6 Å². The van der Waals surface area contributed by atoms with E-state index in [4.69, 9.17) is 4.74 Å². The molecule has 1 N–H and O–H groups in total. The van der Waals surface area contributed by atoms with Gasteiger partial charge in [0.25, 0.3) is 0 Å². The van der Waals surface area contributed by atoms with Gasteiger partial charge in [-0.15, -0.1) is 0 Å². The van der Waals surface area contributed by atoms with Gasteiger partial charge in [0.15, 0.2) is 23.4 Å². The van der Waals surface area contributed by atoms with Crippen molar-refractivity contribution in [3.05, 3.63) is 23.3 Å². The number of likely N-dealkylation sites (tertiary alicyclic amines) is 1. The van der Waals surface area contributed by atoms with Gasteiger partial charge in [-0.3, -0.25) is 14.5 Å². The van der Waals surface area contributed by atoms with Crippen molar-refractivity contribution in [3.63, 3.8) is 0 Å². The van der Waals surface area contributed by atoms with Crippen LogP contribution in [-0.2, 0) is 21.4 Å². The molecule has 5 unspecified atom stereocenters. The Labute approximate surface area is 171 Å². The molecule has 3 fully saturated rings. The standard InChI is InChI=1S/C24H29NO4/c1-2-3-18(26)15-11-16-17-10-14-6-7-19(27)22-20(14)24(16,23(29-22)21(15)28)8-9-25(17)12-13-4-5-13/h6-7,13,15-17,23,27H,2-5,8-12H2,1H3. The molecule has 3 aliphatic carbocycles. The number of hydrogen-bond donors (Lipinski definition) is 1. The first-order valence-electron chi connectivity index (χ1n) is 11.4. The fraction of sp³-hybridized carbons (Fsp3) is 0.667. The summed E-state index contributed by atoms with van der Waals surface area (Å²) >= 11 is 0. The molecule has 5 heteroatoms. The maximum Gasteiger partial charge on any atom is 0.184 e. The van der Waals surface area contributed by atoms with Gasteiger partial charge >= 0.3 is 0 Å². The van der Waals surface area contributed by atoms with Crippen LogP contribution in [0.25, 0.3) is 0 Å². The van der Waals surface area contributed by atoms with Crippen LogP contribution >= 0.6 is 0 Å². The van der Waals surface area contributed by atoms with Crippen LogP contribution in [0, 0.1) is 17.8 Å². The normalized spacial score (nSPS) is 37.2. The number of Topliss-reactive ketones (excluding diaryl/α,β-unsaturated/α-hetero) is 2. The third-order valence-corrected chi connectivity index (χ3v) is 8.40. The van der Waals surface area contributed by atoms with Crippen LogP contribution in [-0.4, -0.2) is 46.8 Å². The summed E-state index contributed by atoms with van der Waals surface area (Å²) in [6.07, 6.45) is 5.74. The molecule has 0 amide bonds. The van der Waals surface area contributed by atoms with Crippen molar-refractivity contribution < 1.29 is 19.4 Å². The number of benzene rings is 1. The highest BCUT2D eigenvalue weighted by Gasteiger charge is 2.68. The average Bonchev–Trinajstić information content (AvgIpc) is 3.44. The number of aromatic hydroxyl groups is 1. The van der Waals surface area contributed by atoms with Crippen molar-refractivity contribution in [2.24, 2.45) is 17.8 Å². The first-order chi connectivity index (χ1) is 14.0. The summed E-state index contributed by atoms with van der Waals surface area (Å²) in [6.45, 7) is 4.11. The summed E-state index contributed by atoms with van der Waals surface area (Å²) in [5.41, 5.74) is 1.96. The Bertz CT molecular complexity index is 906. The molecule has 5 atom stereocenters. The molecule has 29 heavy (non-hydrogen) atoms. The van der Waals surface area contributed by atoms with Crippen LogP contribution in [0.15, 0.2) is 12.1 Å². The first kappa shape index (κ1) is 17.9. The van der Waals surface area contributed by atoms with E-state index in [2.05, 4.69) is 4.90 Å². The predicted octanol–water partition coefficient (Wildman–Crippen LogP) is 3.01. The van der Waals surface area contributed by atoms with Gasteiger partial charge in [0.05, 0.1) is 5.92 Å². The van der Waals surface area contributed by atoms with Crippen molar-refractivity contribution in [3.8, 4) is 11.5 Å². The maximum atomic E-state index is 13.5. The Balaban J connectivity index is 1.48. The molecule has 1 spiro atoms. The van der Waals surface area contributed by atoms with Crippen LogP contribution in [0.4, 0.5) is 0 Å². The monoisotopic (exact) mass is 395 g/mol. The van der Waals surface area contributed by atoms with Crippen molar-refractivity contribution in [1.29, 1.82) is 0 Å². The molecule has 1 aromatic rings. The lowest BCUT2D eigenvalue weighted by molar-refractivity contribution is -0.151. The van der Waals surface area contributed by atoms with Gasteiger partial charge in [-0.2, -0.15) is 0 Å². The average molecular weight is 395 g/mol. The number of carbonyl (C=O) groups is 2. The summed E-state index contributed by atoms with van der Waals surface area (Å²) < 4.78 is 6.24. The number of carbonyl (C=O) groups excluding carboxylic acids is 2. The van der Waals surface area contributed by atoms with E-state index >= 15 is 0 Å². The molecule has 1 saturated heterocycles. The number of rotatable bonds is 5. The molecule has 5 aliphatic rings. The van der Waals surface area contributed by atoms with E-state index < -0.39 is 12.0 Å². The molecule has 2 bridgehead atoms. The minimum absolute atomic E-state index is 0.0439. The van der Waals surface area contributed by atoms with E-state index in [0.29, 0.717) is 24.6 Å². The molecule has 154 valence electrons. The topological polar surface area (TPSA) is 66.8 Å². The zero-order valence-electron chi connectivity index (χ0n) is 17.0. The van der Waals surface area contributed by atoms with Crippen LogP contribution in [0.2, 0.25) is 0 Å². The predicted molar refractivity (Wildman–Crippen MR) is 107 cm³/mol. The third kappa shape index (κ3) is 2.31. The molecular weight excluding hydrogens is 366 g/mol. The maximum absolute atomic E-state index is 13.5. The number of hydrogen-bond acceptors (Lipinski definition) is 5. The zero-order valence-corrected chi connectivity index (χ0v) is 17.0. The van der Waals surface area contributed by atoms with Crippen molar-refractivity contribution in [1.82, 2.24) is 4.90 Å². The SMILES string of the molecule is CCCC(=O)C1CC2C3Cc4ccc(O)c5c4C2(CCN3CC2CC2)C(O5)C1=O. The summed E-state index contributed by atoms with van der Waals surface area (Å²) in [4.78, 5) is 29.0. The second kappa shape index (κ2) is 6.07. The lowest BCUT2D eigenvalue weighted by Gasteiger charge is -2.58. The highest BCUT2D eigenvalue weighted by atomic mass is 16.5. The fourth-order valence-electron chi connectivity index (χ4n) is 6.98. The molecule has 2 aliphatic heterocycles. The van der Waals surface area contributed by atoms with E-state index in [0.717, 1.165) is 43.8 Å². The number of nitrogens with zero attached hydrogens (tertiary/aromatic N) is 1. The van der Waals surface area contributed by atoms with Crippen molar-refractivity contribution in [2.45, 2.75) is 69.4 Å². The first-order valence-corrected chi connectivity index (χ1v) is 11.4. The Morgan fingerprint density at radius 3 is 2.93 bits per heavy atom. The highest BCUT2D eigenvalue weighted by Crippen LogP contribution is 2.64. The van der Waals surface area contributed by atoms with E-state index in [1.807, 2.05) is 13.0 Å². The van der Waals surface area contributed by atoms with Gasteiger partial charge in [-0.05, 0) is 68.5 Å². The second-order valence-electron chi connectivity index (χ2n) is 9.96.